The van der Waals surface area contributed by atoms with Crippen LogP contribution < -0.4 is 14.5 Å². The Morgan fingerprint density at radius 2 is 1.73 bits per heavy atom. The largest absolute Gasteiger partial charge is 0.480 e. The number of nitrogens with zero attached hydrogens (tertiary/aromatic N) is 6. The number of methoxy groups -OCH3 is 1. The Bertz CT molecular complexity index is 615. The SMILES string of the molecule is COc1cncc(N2CCN(c3ccc(SC)nn3)CC2)n1. The molecule has 1 fully saturated rings. The molecule has 2 aromatic heterocycles. The van der Waals surface area contributed by atoms with Crippen molar-refractivity contribution in [3.63, 3.8) is 0 Å². The molecular formula is C14H18N6OS. The van der Waals surface area contributed by atoms with E-state index in [9.17, 15) is 0 Å². The van der Waals surface area contributed by atoms with Crippen LogP contribution in [0.4, 0.5) is 11.6 Å². The topological polar surface area (TPSA) is 67.3 Å². The molecule has 7 nitrogen and oxygen atoms in total. The minimum Gasteiger partial charge on any atom is -0.480 e. The van der Waals surface area contributed by atoms with Gasteiger partial charge in [0.1, 0.15) is 5.03 Å². The maximum Gasteiger partial charge on any atom is 0.233 e. The fourth-order valence-electron chi connectivity index (χ4n) is 2.34. The molecule has 0 unspecified atom stereocenters. The third-order valence-electron chi connectivity index (χ3n) is 3.57. The van der Waals surface area contributed by atoms with Gasteiger partial charge in [-0.15, -0.1) is 22.0 Å². The third-order valence-corrected chi connectivity index (χ3v) is 4.21. The highest BCUT2D eigenvalue weighted by molar-refractivity contribution is 7.98. The van der Waals surface area contributed by atoms with Crippen LogP contribution in [0.15, 0.2) is 29.6 Å². The number of thioether (sulfide) groups is 1. The van der Waals surface area contributed by atoms with Crippen LogP contribution in [-0.4, -0.2) is 59.7 Å². The first-order valence-corrected chi connectivity index (χ1v) is 8.26. The van der Waals surface area contributed by atoms with Crippen LogP contribution in [-0.2, 0) is 0 Å². The van der Waals surface area contributed by atoms with Gasteiger partial charge >= 0.3 is 0 Å². The summed E-state index contributed by atoms with van der Waals surface area (Å²) in [5.41, 5.74) is 0. The molecule has 1 aliphatic heterocycles. The van der Waals surface area contributed by atoms with E-state index in [0.717, 1.165) is 42.8 Å². The molecule has 3 rings (SSSR count). The van der Waals surface area contributed by atoms with Crippen molar-refractivity contribution < 1.29 is 4.74 Å². The summed E-state index contributed by atoms with van der Waals surface area (Å²) in [6.07, 6.45) is 5.38. The summed E-state index contributed by atoms with van der Waals surface area (Å²) >= 11 is 1.60. The van der Waals surface area contributed by atoms with Gasteiger partial charge in [-0.1, -0.05) is 0 Å². The highest BCUT2D eigenvalue weighted by Crippen LogP contribution is 2.19. The van der Waals surface area contributed by atoms with E-state index >= 15 is 0 Å². The van der Waals surface area contributed by atoms with Gasteiger partial charge in [0.05, 0.1) is 19.5 Å². The predicted molar refractivity (Wildman–Crippen MR) is 86.8 cm³/mol. The van der Waals surface area contributed by atoms with Gasteiger partial charge in [0.2, 0.25) is 5.88 Å². The summed E-state index contributed by atoms with van der Waals surface area (Å²) in [6.45, 7) is 3.50. The summed E-state index contributed by atoms with van der Waals surface area (Å²) in [7, 11) is 1.60. The van der Waals surface area contributed by atoms with Crippen molar-refractivity contribution in [2.24, 2.45) is 0 Å². The fourth-order valence-corrected chi connectivity index (χ4v) is 2.67. The first-order chi connectivity index (χ1) is 10.8. The number of ether oxygens (including phenoxy) is 1. The van der Waals surface area contributed by atoms with E-state index < -0.39 is 0 Å². The molecule has 0 aromatic carbocycles. The molecule has 0 radical (unpaired) electrons. The molecule has 22 heavy (non-hydrogen) atoms. The summed E-state index contributed by atoms with van der Waals surface area (Å²) in [5.74, 6) is 2.32. The molecular weight excluding hydrogens is 300 g/mol. The number of anilines is 2. The Hall–Kier alpha value is -2.09. The first-order valence-electron chi connectivity index (χ1n) is 7.04. The van der Waals surface area contributed by atoms with Crippen molar-refractivity contribution in [3.8, 4) is 5.88 Å². The van der Waals surface area contributed by atoms with Crippen molar-refractivity contribution in [2.75, 3.05) is 49.3 Å². The van der Waals surface area contributed by atoms with Crippen molar-refractivity contribution >= 4 is 23.4 Å². The number of piperazine rings is 1. The highest BCUT2D eigenvalue weighted by Gasteiger charge is 2.20. The second kappa shape index (κ2) is 6.78. The summed E-state index contributed by atoms with van der Waals surface area (Å²) in [5, 5.41) is 9.42. The van der Waals surface area contributed by atoms with Crippen LogP contribution in [0.1, 0.15) is 0 Å². The van der Waals surface area contributed by atoms with E-state index in [-0.39, 0.29) is 0 Å². The lowest BCUT2D eigenvalue weighted by molar-refractivity contribution is 0.395. The van der Waals surface area contributed by atoms with Crippen molar-refractivity contribution in [1.29, 1.82) is 0 Å². The van der Waals surface area contributed by atoms with Gasteiger partial charge in [0.25, 0.3) is 0 Å². The average molecular weight is 318 g/mol. The van der Waals surface area contributed by atoms with Crippen molar-refractivity contribution in [1.82, 2.24) is 20.2 Å². The van der Waals surface area contributed by atoms with Crippen LogP contribution in [0, 0.1) is 0 Å². The normalized spacial score (nSPS) is 15.0. The molecule has 1 saturated heterocycles. The standard InChI is InChI=1S/C14H18N6OS/c1-21-13-10-15-9-12(16-13)20-7-5-19(6-8-20)11-3-4-14(22-2)18-17-11/h3-4,9-10H,5-8H2,1-2H3. The van der Waals surface area contributed by atoms with Crippen LogP contribution in [0.5, 0.6) is 5.88 Å². The molecule has 0 atom stereocenters. The smallest absolute Gasteiger partial charge is 0.233 e. The fraction of sp³-hybridized carbons (Fsp3) is 0.429. The number of rotatable bonds is 4. The molecule has 1 aliphatic rings. The zero-order chi connectivity index (χ0) is 15.4. The Kier molecular flexibility index (Phi) is 4.57. The lowest BCUT2D eigenvalue weighted by Gasteiger charge is -2.35. The van der Waals surface area contributed by atoms with Crippen LogP contribution in [0.3, 0.4) is 0 Å². The van der Waals surface area contributed by atoms with E-state index in [4.69, 9.17) is 4.74 Å². The lowest BCUT2D eigenvalue weighted by atomic mass is 10.3. The maximum atomic E-state index is 5.13. The van der Waals surface area contributed by atoms with Gasteiger partial charge in [-0.05, 0) is 18.4 Å². The lowest BCUT2D eigenvalue weighted by Crippen LogP contribution is -2.47. The zero-order valence-electron chi connectivity index (χ0n) is 12.6. The molecule has 0 bridgehead atoms. The van der Waals surface area contributed by atoms with E-state index in [2.05, 4.69) is 30.0 Å². The van der Waals surface area contributed by atoms with Crippen molar-refractivity contribution in [2.45, 2.75) is 5.03 Å². The molecule has 0 N–H and O–H groups in total. The van der Waals surface area contributed by atoms with Gasteiger partial charge in [-0.25, -0.2) is 0 Å². The van der Waals surface area contributed by atoms with Gasteiger partial charge in [0, 0.05) is 26.2 Å². The molecule has 0 aliphatic carbocycles. The minimum atomic E-state index is 0.540. The van der Waals surface area contributed by atoms with Gasteiger partial charge in [0.15, 0.2) is 11.6 Å². The molecule has 0 amide bonds. The summed E-state index contributed by atoms with van der Waals surface area (Å²) in [4.78, 5) is 13.0. The van der Waals surface area contributed by atoms with E-state index in [1.54, 1.807) is 31.3 Å². The second-order valence-corrected chi connectivity index (χ2v) is 5.65. The Labute approximate surface area is 133 Å². The molecule has 2 aromatic rings. The number of hydrogen-bond acceptors (Lipinski definition) is 8. The maximum absolute atomic E-state index is 5.13. The summed E-state index contributed by atoms with van der Waals surface area (Å²) < 4.78 is 5.13. The van der Waals surface area contributed by atoms with E-state index in [1.807, 2.05) is 18.4 Å². The first kappa shape index (κ1) is 14.8. The average Bonchev–Trinajstić information content (AvgIpc) is 2.62. The monoisotopic (exact) mass is 318 g/mol. The Balaban J connectivity index is 1.64. The number of aromatic nitrogens is 4. The van der Waals surface area contributed by atoms with Crippen LogP contribution in [0.25, 0.3) is 0 Å². The minimum absolute atomic E-state index is 0.540. The van der Waals surface area contributed by atoms with Crippen LogP contribution in [0.2, 0.25) is 0 Å². The van der Waals surface area contributed by atoms with Gasteiger partial charge < -0.3 is 14.5 Å². The molecule has 116 valence electrons. The van der Waals surface area contributed by atoms with E-state index in [0.29, 0.717) is 5.88 Å². The predicted octanol–water partition coefficient (Wildman–Crippen LogP) is 1.32. The van der Waals surface area contributed by atoms with Gasteiger partial charge in [-0.2, -0.15) is 4.98 Å². The van der Waals surface area contributed by atoms with Crippen molar-refractivity contribution in [3.05, 3.63) is 24.5 Å². The molecule has 3 heterocycles. The molecule has 8 heteroatoms. The summed E-state index contributed by atoms with van der Waals surface area (Å²) in [6, 6.07) is 4.03. The van der Waals surface area contributed by atoms with E-state index in [1.165, 1.54) is 0 Å². The highest BCUT2D eigenvalue weighted by atomic mass is 32.2. The molecule has 0 saturated carbocycles. The quantitative estimate of drug-likeness (QED) is 0.782. The van der Waals surface area contributed by atoms with Crippen LogP contribution >= 0.6 is 11.8 Å². The van der Waals surface area contributed by atoms with Gasteiger partial charge in [-0.3, -0.25) is 4.98 Å². The zero-order valence-corrected chi connectivity index (χ0v) is 13.5. The molecule has 0 spiro atoms. The Morgan fingerprint density at radius 1 is 1.00 bits per heavy atom. The Morgan fingerprint density at radius 3 is 2.32 bits per heavy atom. The number of hydrogen-bond donors (Lipinski definition) is 0. The second-order valence-electron chi connectivity index (χ2n) is 4.83. The third kappa shape index (κ3) is 3.22.